The average Bonchev–Trinajstić information content (AvgIpc) is 2.48. The first kappa shape index (κ1) is 15.5. The molecule has 6 heteroatoms. The largest absolute Gasteiger partial charge is 0.489 e. The average molecular weight is 352 g/mol. The van der Waals surface area contributed by atoms with Gasteiger partial charge in [-0.15, -0.1) is 0 Å². The van der Waals surface area contributed by atoms with Crippen LogP contribution in [0.3, 0.4) is 0 Å². The maximum atomic E-state index is 10.9. The van der Waals surface area contributed by atoms with Crippen molar-refractivity contribution in [2.75, 3.05) is 6.61 Å². The number of hydrogen-bond acceptors (Lipinski definition) is 4. The summed E-state index contributed by atoms with van der Waals surface area (Å²) >= 11 is 3.15. The van der Waals surface area contributed by atoms with Gasteiger partial charge in [-0.2, -0.15) is 0 Å². The van der Waals surface area contributed by atoms with Crippen LogP contribution in [-0.2, 0) is 13.0 Å². The molecular formula is C15H14BrNO4. The zero-order chi connectivity index (χ0) is 15.2. The Morgan fingerprint density at radius 1 is 1.14 bits per heavy atom. The van der Waals surface area contributed by atoms with Crippen molar-refractivity contribution in [2.45, 2.75) is 13.0 Å². The number of rotatable bonds is 6. The van der Waals surface area contributed by atoms with Crippen LogP contribution >= 0.6 is 15.9 Å². The molecule has 0 amide bonds. The monoisotopic (exact) mass is 351 g/mol. The highest BCUT2D eigenvalue weighted by atomic mass is 79.9. The van der Waals surface area contributed by atoms with Crippen molar-refractivity contribution in [3.05, 3.63) is 68.2 Å². The highest BCUT2D eigenvalue weighted by molar-refractivity contribution is 9.10. The standard InChI is InChI=1S/C15H14BrNO4/c16-14-6-3-12(9-15(14)17(19)20)10-21-13-4-1-11(2-5-13)7-8-18/h1-6,9,18H,7-8,10H2. The summed E-state index contributed by atoms with van der Waals surface area (Å²) < 4.78 is 6.05. The summed E-state index contributed by atoms with van der Waals surface area (Å²) in [5.74, 6) is 0.683. The van der Waals surface area contributed by atoms with E-state index in [0.29, 0.717) is 16.6 Å². The Morgan fingerprint density at radius 3 is 2.43 bits per heavy atom. The molecule has 1 N–H and O–H groups in total. The van der Waals surface area contributed by atoms with Gasteiger partial charge in [0.2, 0.25) is 0 Å². The van der Waals surface area contributed by atoms with Crippen LogP contribution in [0.4, 0.5) is 5.69 Å². The predicted octanol–water partition coefficient (Wildman–Crippen LogP) is 3.47. The summed E-state index contributed by atoms with van der Waals surface area (Å²) in [4.78, 5) is 10.4. The third kappa shape index (κ3) is 4.27. The number of nitrogens with zero attached hydrogens (tertiary/aromatic N) is 1. The summed E-state index contributed by atoms with van der Waals surface area (Å²) in [6.07, 6.45) is 0.610. The number of halogens is 1. The number of nitro groups is 1. The van der Waals surface area contributed by atoms with E-state index in [0.717, 1.165) is 11.1 Å². The summed E-state index contributed by atoms with van der Waals surface area (Å²) in [6.45, 7) is 0.371. The van der Waals surface area contributed by atoms with Crippen LogP contribution in [0.15, 0.2) is 46.9 Å². The van der Waals surface area contributed by atoms with Gasteiger partial charge in [0.15, 0.2) is 0 Å². The summed E-state index contributed by atoms with van der Waals surface area (Å²) in [5, 5.41) is 19.7. The lowest BCUT2D eigenvalue weighted by molar-refractivity contribution is -0.385. The van der Waals surface area contributed by atoms with Gasteiger partial charge >= 0.3 is 0 Å². The van der Waals surface area contributed by atoms with Gasteiger partial charge in [-0.05, 0) is 51.7 Å². The van der Waals surface area contributed by atoms with Crippen LogP contribution in [0.25, 0.3) is 0 Å². The highest BCUT2D eigenvalue weighted by Crippen LogP contribution is 2.26. The molecule has 2 rings (SSSR count). The number of ether oxygens (including phenoxy) is 1. The van der Waals surface area contributed by atoms with Gasteiger partial charge in [0, 0.05) is 12.7 Å². The molecule has 0 saturated carbocycles. The van der Waals surface area contributed by atoms with Gasteiger partial charge < -0.3 is 9.84 Å². The molecule has 0 aliphatic carbocycles. The van der Waals surface area contributed by atoms with Crippen LogP contribution < -0.4 is 4.74 Å². The van der Waals surface area contributed by atoms with Crippen LogP contribution in [0.2, 0.25) is 0 Å². The third-order valence-electron chi connectivity index (χ3n) is 2.94. The molecule has 0 radical (unpaired) electrons. The molecule has 0 saturated heterocycles. The molecule has 21 heavy (non-hydrogen) atoms. The maximum absolute atomic E-state index is 10.9. The van der Waals surface area contributed by atoms with Crippen LogP contribution in [0, 0.1) is 10.1 Å². The van der Waals surface area contributed by atoms with Crippen LogP contribution in [0.1, 0.15) is 11.1 Å². The molecule has 110 valence electrons. The Hall–Kier alpha value is -1.92. The minimum atomic E-state index is -0.433. The van der Waals surface area contributed by atoms with Crippen molar-refractivity contribution >= 4 is 21.6 Å². The van der Waals surface area contributed by atoms with Crippen molar-refractivity contribution in [3.63, 3.8) is 0 Å². The van der Waals surface area contributed by atoms with E-state index in [9.17, 15) is 10.1 Å². The Balaban J connectivity index is 2.02. The smallest absolute Gasteiger partial charge is 0.283 e. The summed E-state index contributed by atoms with van der Waals surface area (Å²) in [5.41, 5.74) is 1.78. The minimum Gasteiger partial charge on any atom is -0.489 e. The molecule has 0 atom stereocenters. The molecule has 0 spiro atoms. The van der Waals surface area contributed by atoms with Gasteiger partial charge in [-0.25, -0.2) is 0 Å². The molecule has 2 aromatic carbocycles. The fraction of sp³-hybridized carbons (Fsp3) is 0.200. The first-order chi connectivity index (χ1) is 10.1. The molecule has 0 heterocycles. The minimum absolute atomic E-state index is 0.0226. The number of hydrogen-bond donors (Lipinski definition) is 1. The van der Waals surface area contributed by atoms with Crippen LogP contribution in [0.5, 0.6) is 5.75 Å². The van der Waals surface area contributed by atoms with Crippen molar-refractivity contribution in [2.24, 2.45) is 0 Å². The molecule has 0 bridgehead atoms. The van der Waals surface area contributed by atoms with Gasteiger partial charge in [0.25, 0.3) is 5.69 Å². The van der Waals surface area contributed by atoms with Crippen LogP contribution in [-0.4, -0.2) is 16.6 Å². The van der Waals surface area contributed by atoms with Crippen molar-refractivity contribution in [1.29, 1.82) is 0 Å². The molecule has 2 aromatic rings. The lowest BCUT2D eigenvalue weighted by Gasteiger charge is -2.07. The van der Waals surface area contributed by atoms with E-state index in [2.05, 4.69) is 15.9 Å². The second-order valence-corrected chi connectivity index (χ2v) is 5.30. The molecule has 0 unspecified atom stereocenters. The fourth-order valence-corrected chi connectivity index (χ4v) is 2.23. The van der Waals surface area contributed by atoms with Gasteiger partial charge in [0.1, 0.15) is 12.4 Å². The highest BCUT2D eigenvalue weighted by Gasteiger charge is 2.12. The Labute approximate surface area is 130 Å². The molecule has 0 aliphatic rings. The first-order valence-electron chi connectivity index (χ1n) is 6.35. The second-order valence-electron chi connectivity index (χ2n) is 4.45. The molecule has 0 aliphatic heterocycles. The molecule has 0 aromatic heterocycles. The Kier molecular flexibility index (Phi) is 5.30. The first-order valence-corrected chi connectivity index (χ1v) is 7.15. The van der Waals surface area contributed by atoms with E-state index in [1.807, 2.05) is 24.3 Å². The van der Waals surface area contributed by atoms with Gasteiger partial charge in [-0.3, -0.25) is 10.1 Å². The number of aliphatic hydroxyl groups excluding tert-OH is 1. The third-order valence-corrected chi connectivity index (χ3v) is 3.61. The topological polar surface area (TPSA) is 72.6 Å². The lowest BCUT2D eigenvalue weighted by Crippen LogP contribution is -1.98. The van der Waals surface area contributed by atoms with E-state index in [-0.39, 0.29) is 18.9 Å². The predicted molar refractivity (Wildman–Crippen MR) is 82.4 cm³/mol. The zero-order valence-corrected chi connectivity index (χ0v) is 12.7. The molecular weight excluding hydrogens is 338 g/mol. The number of benzene rings is 2. The normalized spacial score (nSPS) is 10.4. The maximum Gasteiger partial charge on any atom is 0.283 e. The van der Waals surface area contributed by atoms with Crippen molar-refractivity contribution < 1.29 is 14.8 Å². The Bertz CT molecular complexity index is 628. The summed E-state index contributed by atoms with van der Waals surface area (Å²) in [6, 6.07) is 12.3. The Morgan fingerprint density at radius 2 is 1.81 bits per heavy atom. The molecule has 0 fully saturated rings. The quantitative estimate of drug-likeness (QED) is 0.638. The van der Waals surface area contributed by atoms with E-state index in [1.54, 1.807) is 12.1 Å². The number of aliphatic hydroxyl groups is 1. The zero-order valence-electron chi connectivity index (χ0n) is 11.2. The lowest BCUT2D eigenvalue weighted by atomic mass is 10.1. The molecule has 5 nitrogen and oxygen atoms in total. The van der Waals surface area contributed by atoms with Gasteiger partial charge in [-0.1, -0.05) is 18.2 Å². The van der Waals surface area contributed by atoms with Gasteiger partial charge in [0.05, 0.1) is 9.40 Å². The van der Waals surface area contributed by atoms with E-state index >= 15 is 0 Å². The fourth-order valence-electron chi connectivity index (χ4n) is 1.84. The van der Waals surface area contributed by atoms with E-state index in [1.165, 1.54) is 6.07 Å². The van der Waals surface area contributed by atoms with Crippen molar-refractivity contribution in [1.82, 2.24) is 0 Å². The SMILES string of the molecule is O=[N+]([O-])c1cc(COc2ccc(CCO)cc2)ccc1Br. The van der Waals surface area contributed by atoms with E-state index in [4.69, 9.17) is 9.84 Å². The number of nitro benzene ring substituents is 1. The van der Waals surface area contributed by atoms with E-state index < -0.39 is 4.92 Å². The summed E-state index contributed by atoms with van der Waals surface area (Å²) in [7, 11) is 0. The van der Waals surface area contributed by atoms with Crippen molar-refractivity contribution in [3.8, 4) is 5.75 Å². The second kappa shape index (κ2) is 7.19.